The van der Waals surface area contributed by atoms with Crippen LogP contribution in [0.25, 0.3) is 0 Å². The summed E-state index contributed by atoms with van der Waals surface area (Å²) in [6, 6.07) is -0.219. The second-order valence-corrected chi connectivity index (χ2v) is 3.84. The Bertz CT molecular complexity index is 306. The number of hydrogen-bond donors (Lipinski definition) is 2. The molecule has 0 saturated heterocycles. The Labute approximate surface area is 83.9 Å². The van der Waals surface area contributed by atoms with Crippen molar-refractivity contribution in [3.05, 3.63) is 11.6 Å². The molecule has 0 aliphatic heterocycles. The molecule has 0 aromatic carbocycles. The summed E-state index contributed by atoms with van der Waals surface area (Å²) in [5.74, 6) is 1.47. The Hall–Kier alpha value is -0.940. The van der Waals surface area contributed by atoms with Gasteiger partial charge in [-0.05, 0) is 27.7 Å². The maximum absolute atomic E-state index is 9.38. The second kappa shape index (κ2) is 4.06. The Kier molecular flexibility index (Phi) is 3.23. The Balaban J connectivity index is 3.09. The van der Waals surface area contributed by atoms with E-state index in [9.17, 15) is 5.11 Å². The lowest BCUT2D eigenvalue weighted by molar-refractivity contribution is 0.158. The number of aryl methyl sites for hydroxylation is 1. The summed E-state index contributed by atoms with van der Waals surface area (Å²) >= 11 is 0. The van der Waals surface area contributed by atoms with Crippen molar-refractivity contribution in [2.45, 2.75) is 45.9 Å². The zero-order chi connectivity index (χ0) is 10.9. The average Bonchev–Trinajstić information content (AvgIpc) is 2.45. The SMILES string of the molecule is Cc1nnc(C(N)C(C)O)n1C(C)C. The van der Waals surface area contributed by atoms with E-state index < -0.39 is 12.1 Å². The average molecular weight is 198 g/mol. The van der Waals surface area contributed by atoms with Gasteiger partial charge in [0.15, 0.2) is 5.82 Å². The van der Waals surface area contributed by atoms with Crippen LogP contribution in [0.5, 0.6) is 0 Å². The molecule has 2 atom stereocenters. The molecule has 3 N–H and O–H groups in total. The summed E-state index contributed by atoms with van der Waals surface area (Å²) in [6.07, 6.45) is -0.615. The molecule has 0 radical (unpaired) electrons. The third-order valence-corrected chi connectivity index (χ3v) is 2.23. The number of hydrogen-bond acceptors (Lipinski definition) is 4. The predicted molar refractivity (Wildman–Crippen MR) is 53.8 cm³/mol. The van der Waals surface area contributed by atoms with Gasteiger partial charge in [-0.25, -0.2) is 0 Å². The fourth-order valence-corrected chi connectivity index (χ4v) is 1.47. The van der Waals surface area contributed by atoms with Gasteiger partial charge in [-0.15, -0.1) is 10.2 Å². The van der Waals surface area contributed by atoms with Crippen LogP contribution in [0.15, 0.2) is 0 Å². The minimum absolute atomic E-state index is 0.254. The molecule has 0 amide bonds. The Morgan fingerprint density at radius 2 is 1.86 bits per heavy atom. The van der Waals surface area contributed by atoms with Crippen molar-refractivity contribution < 1.29 is 5.11 Å². The summed E-state index contributed by atoms with van der Waals surface area (Å²) in [4.78, 5) is 0. The van der Waals surface area contributed by atoms with Gasteiger partial charge in [0.05, 0.1) is 12.1 Å². The lowest BCUT2D eigenvalue weighted by Crippen LogP contribution is -2.27. The molecule has 1 rings (SSSR count). The largest absolute Gasteiger partial charge is 0.391 e. The fraction of sp³-hybridized carbons (Fsp3) is 0.778. The summed E-state index contributed by atoms with van der Waals surface area (Å²) in [7, 11) is 0. The number of aliphatic hydroxyl groups excluding tert-OH is 1. The third kappa shape index (κ3) is 1.93. The molecule has 14 heavy (non-hydrogen) atoms. The van der Waals surface area contributed by atoms with Gasteiger partial charge in [0.1, 0.15) is 5.82 Å². The van der Waals surface area contributed by atoms with Crippen LogP contribution < -0.4 is 5.73 Å². The van der Waals surface area contributed by atoms with Gasteiger partial charge >= 0.3 is 0 Å². The van der Waals surface area contributed by atoms with Crippen LogP contribution >= 0.6 is 0 Å². The van der Waals surface area contributed by atoms with E-state index in [0.29, 0.717) is 5.82 Å². The van der Waals surface area contributed by atoms with E-state index >= 15 is 0 Å². The van der Waals surface area contributed by atoms with Crippen LogP contribution in [0.2, 0.25) is 0 Å². The standard InChI is InChI=1S/C9H18N4O/c1-5(2)13-7(4)11-12-9(13)8(10)6(3)14/h5-6,8,14H,10H2,1-4H3. The molecular formula is C9H18N4O. The van der Waals surface area contributed by atoms with Gasteiger partial charge in [0.25, 0.3) is 0 Å². The minimum atomic E-state index is -0.615. The highest BCUT2D eigenvalue weighted by atomic mass is 16.3. The summed E-state index contributed by atoms with van der Waals surface area (Å²) in [5.41, 5.74) is 5.82. The molecule has 0 fully saturated rings. The predicted octanol–water partition coefficient (Wildman–Crippen LogP) is 0.548. The zero-order valence-electron chi connectivity index (χ0n) is 9.10. The minimum Gasteiger partial charge on any atom is -0.391 e. The van der Waals surface area contributed by atoms with Crippen LogP contribution in [0.4, 0.5) is 0 Å². The highest BCUT2D eigenvalue weighted by Crippen LogP contribution is 2.17. The van der Waals surface area contributed by atoms with E-state index in [-0.39, 0.29) is 6.04 Å². The van der Waals surface area contributed by atoms with E-state index in [0.717, 1.165) is 5.82 Å². The highest BCUT2D eigenvalue weighted by molar-refractivity contribution is 5.02. The van der Waals surface area contributed by atoms with Gasteiger partial charge in [-0.3, -0.25) is 0 Å². The number of nitrogens with zero attached hydrogens (tertiary/aromatic N) is 3. The van der Waals surface area contributed by atoms with Gasteiger partial charge in [0.2, 0.25) is 0 Å². The molecule has 0 aliphatic rings. The monoisotopic (exact) mass is 198 g/mol. The number of aliphatic hydroxyl groups is 1. The van der Waals surface area contributed by atoms with Crippen LogP contribution in [-0.2, 0) is 0 Å². The first-order valence-electron chi connectivity index (χ1n) is 4.80. The van der Waals surface area contributed by atoms with E-state index in [1.54, 1.807) is 6.92 Å². The van der Waals surface area contributed by atoms with E-state index in [1.807, 2.05) is 25.3 Å². The maximum atomic E-state index is 9.38. The number of aromatic nitrogens is 3. The molecule has 80 valence electrons. The Morgan fingerprint density at radius 3 is 2.29 bits per heavy atom. The summed E-state index contributed by atoms with van der Waals surface area (Å²) in [5, 5.41) is 17.3. The van der Waals surface area contributed by atoms with Gasteiger partial charge in [-0.1, -0.05) is 0 Å². The lowest BCUT2D eigenvalue weighted by Gasteiger charge is -2.18. The first kappa shape index (κ1) is 11.1. The topological polar surface area (TPSA) is 77.0 Å². The second-order valence-electron chi connectivity index (χ2n) is 3.84. The van der Waals surface area contributed by atoms with Gasteiger partial charge < -0.3 is 15.4 Å². The van der Waals surface area contributed by atoms with Crippen LogP contribution in [0.1, 0.15) is 44.5 Å². The molecule has 5 nitrogen and oxygen atoms in total. The van der Waals surface area contributed by atoms with Crippen molar-refractivity contribution in [1.82, 2.24) is 14.8 Å². The molecule has 0 bridgehead atoms. The maximum Gasteiger partial charge on any atom is 0.152 e. The number of nitrogens with two attached hydrogens (primary N) is 1. The van der Waals surface area contributed by atoms with Crippen molar-refractivity contribution in [3.63, 3.8) is 0 Å². The summed E-state index contributed by atoms with van der Waals surface area (Å²) < 4.78 is 1.94. The number of rotatable bonds is 3. The molecule has 2 unspecified atom stereocenters. The van der Waals surface area contributed by atoms with Crippen molar-refractivity contribution in [3.8, 4) is 0 Å². The molecule has 1 heterocycles. The van der Waals surface area contributed by atoms with Crippen molar-refractivity contribution in [2.24, 2.45) is 5.73 Å². The van der Waals surface area contributed by atoms with Crippen LogP contribution in [0, 0.1) is 6.92 Å². The molecular weight excluding hydrogens is 180 g/mol. The van der Waals surface area contributed by atoms with Crippen molar-refractivity contribution >= 4 is 0 Å². The normalized spacial score (nSPS) is 15.9. The fourth-order valence-electron chi connectivity index (χ4n) is 1.47. The molecule has 0 aliphatic carbocycles. The highest BCUT2D eigenvalue weighted by Gasteiger charge is 2.21. The van der Waals surface area contributed by atoms with Crippen LogP contribution in [0.3, 0.4) is 0 Å². The molecule has 1 aromatic rings. The molecule has 0 spiro atoms. The van der Waals surface area contributed by atoms with Gasteiger partial charge in [-0.2, -0.15) is 0 Å². The van der Waals surface area contributed by atoms with E-state index in [4.69, 9.17) is 5.73 Å². The van der Waals surface area contributed by atoms with Crippen molar-refractivity contribution in [2.75, 3.05) is 0 Å². The van der Waals surface area contributed by atoms with E-state index in [2.05, 4.69) is 10.2 Å². The lowest BCUT2D eigenvalue weighted by atomic mass is 10.2. The quantitative estimate of drug-likeness (QED) is 0.743. The first-order chi connectivity index (χ1) is 6.45. The van der Waals surface area contributed by atoms with Crippen LogP contribution in [-0.4, -0.2) is 26.0 Å². The smallest absolute Gasteiger partial charge is 0.152 e. The molecule has 1 aromatic heterocycles. The van der Waals surface area contributed by atoms with E-state index in [1.165, 1.54) is 0 Å². The first-order valence-corrected chi connectivity index (χ1v) is 4.80. The van der Waals surface area contributed by atoms with Crippen molar-refractivity contribution in [1.29, 1.82) is 0 Å². The summed E-state index contributed by atoms with van der Waals surface area (Å²) in [6.45, 7) is 7.61. The zero-order valence-corrected chi connectivity index (χ0v) is 9.10. The molecule has 5 heteroatoms. The molecule has 0 saturated carbocycles. The van der Waals surface area contributed by atoms with Gasteiger partial charge in [0, 0.05) is 6.04 Å². The third-order valence-electron chi connectivity index (χ3n) is 2.23. The Morgan fingerprint density at radius 1 is 1.29 bits per heavy atom.